The van der Waals surface area contributed by atoms with Crippen molar-refractivity contribution >= 4 is 17.3 Å². The van der Waals surface area contributed by atoms with E-state index in [0.717, 1.165) is 25.2 Å². The summed E-state index contributed by atoms with van der Waals surface area (Å²) < 4.78 is 0. The summed E-state index contributed by atoms with van der Waals surface area (Å²) in [6.07, 6.45) is 1.12. The number of nitrogens with zero attached hydrogens (tertiary/aromatic N) is 3. The van der Waals surface area contributed by atoms with Crippen molar-refractivity contribution in [2.75, 3.05) is 18.8 Å². The van der Waals surface area contributed by atoms with Crippen molar-refractivity contribution in [2.24, 2.45) is 0 Å². The highest BCUT2D eigenvalue weighted by Gasteiger charge is 2.26. The van der Waals surface area contributed by atoms with Gasteiger partial charge in [0.2, 0.25) is 0 Å². The third-order valence-corrected chi connectivity index (χ3v) is 3.46. The van der Waals surface area contributed by atoms with E-state index in [0.29, 0.717) is 22.8 Å². The summed E-state index contributed by atoms with van der Waals surface area (Å²) in [5.41, 5.74) is 7.22. The topological polar surface area (TPSA) is 55.0 Å². The number of hydrogen-bond donors (Lipinski definition) is 1. The number of halogens is 1. The molecule has 1 unspecified atom stereocenters. The number of likely N-dealkylation sites (tertiary alicyclic amines) is 1. The molecule has 2 rings (SSSR count). The first-order valence-electron chi connectivity index (χ1n) is 5.60. The first-order valence-corrected chi connectivity index (χ1v) is 5.98. The highest BCUT2D eigenvalue weighted by molar-refractivity contribution is 6.31. The van der Waals surface area contributed by atoms with Gasteiger partial charge in [0.1, 0.15) is 0 Å². The minimum Gasteiger partial charge on any atom is -0.396 e. The fourth-order valence-corrected chi connectivity index (χ4v) is 2.20. The van der Waals surface area contributed by atoms with Crippen molar-refractivity contribution in [3.05, 3.63) is 16.9 Å². The van der Waals surface area contributed by atoms with E-state index in [1.165, 1.54) is 0 Å². The molecule has 0 bridgehead atoms. The molecule has 2 N–H and O–H groups in total. The van der Waals surface area contributed by atoms with Crippen molar-refractivity contribution in [1.29, 1.82) is 0 Å². The number of nitrogen functional groups attached to an aromatic ring is 1. The normalized spacial score (nSPS) is 21.9. The van der Waals surface area contributed by atoms with E-state index in [4.69, 9.17) is 17.3 Å². The lowest BCUT2D eigenvalue weighted by molar-refractivity contribution is 0.272. The molecule has 1 fully saturated rings. The first kappa shape index (κ1) is 11.6. The van der Waals surface area contributed by atoms with Gasteiger partial charge < -0.3 is 10.6 Å². The fourth-order valence-electron chi connectivity index (χ4n) is 2.10. The lowest BCUT2D eigenvalue weighted by Gasteiger charge is -2.19. The zero-order valence-corrected chi connectivity index (χ0v) is 10.4. The minimum absolute atomic E-state index is 0.294. The van der Waals surface area contributed by atoms with Crippen LogP contribution in [0.5, 0.6) is 0 Å². The van der Waals surface area contributed by atoms with Gasteiger partial charge >= 0.3 is 0 Å². The molecule has 1 aliphatic rings. The van der Waals surface area contributed by atoms with E-state index in [9.17, 15) is 0 Å². The summed E-state index contributed by atoms with van der Waals surface area (Å²) >= 11 is 5.76. The Balaban J connectivity index is 2.11. The quantitative estimate of drug-likeness (QED) is 0.858. The van der Waals surface area contributed by atoms with Crippen LogP contribution < -0.4 is 5.73 Å². The van der Waals surface area contributed by atoms with Gasteiger partial charge in [-0.1, -0.05) is 11.6 Å². The van der Waals surface area contributed by atoms with Gasteiger partial charge in [-0.3, -0.25) is 0 Å². The average Bonchev–Trinajstić information content (AvgIpc) is 2.71. The van der Waals surface area contributed by atoms with Crippen LogP contribution >= 0.6 is 11.6 Å². The predicted octanol–water partition coefficient (Wildman–Crippen LogP) is 1.91. The van der Waals surface area contributed by atoms with Crippen LogP contribution in [0.4, 0.5) is 5.69 Å². The van der Waals surface area contributed by atoms with Crippen molar-refractivity contribution in [1.82, 2.24) is 15.1 Å². The molecule has 0 spiro atoms. The number of hydrogen-bond acceptors (Lipinski definition) is 4. The maximum absolute atomic E-state index is 5.76. The van der Waals surface area contributed by atoms with Gasteiger partial charge in [-0.05, 0) is 32.9 Å². The average molecular weight is 241 g/mol. The van der Waals surface area contributed by atoms with Gasteiger partial charge in [0, 0.05) is 18.5 Å². The van der Waals surface area contributed by atoms with Crippen molar-refractivity contribution < 1.29 is 0 Å². The van der Waals surface area contributed by atoms with E-state index < -0.39 is 0 Å². The fraction of sp³-hybridized carbons (Fsp3) is 0.636. The van der Waals surface area contributed by atoms with Crippen molar-refractivity contribution in [3.8, 4) is 0 Å². The second kappa shape index (κ2) is 4.55. The smallest absolute Gasteiger partial charge is 0.174 e. The summed E-state index contributed by atoms with van der Waals surface area (Å²) in [5, 5.41) is 8.29. The molecule has 0 radical (unpaired) electrons. The molecule has 1 atom stereocenters. The molecular weight excluding hydrogens is 224 g/mol. The Kier molecular flexibility index (Phi) is 3.30. The third-order valence-electron chi connectivity index (χ3n) is 3.16. The molecule has 1 aliphatic heterocycles. The highest BCUT2D eigenvalue weighted by atomic mass is 35.5. The highest BCUT2D eigenvalue weighted by Crippen LogP contribution is 2.28. The molecule has 5 heteroatoms. The largest absolute Gasteiger partial charge is 0.396 e. The van der Waals surface area contributed by atoms with E-state index >= 15 is 0 Å². The maximum Gasteiger partial charge on any atom is 0.174 e. The number of rotatable bonds is 2. The number of nitrogens with two attached hydrogens (primary N) is 1. The Morgan fingerprint density at radius 3 is 2.81 bits per heavy atom. The van der Waals surface area contributed by atoms with E-state index in [2.05, 4.69) is 28.9 Å². The lowest BCUT2D eigenvalue weighted by atomic mass is 10.0. The van der Waals surface area contributed by atoms with Crippen LogP contribution in [0.2, 0.25) is 5.15 Å². The summed E-state index contributed by atoms with van der Waals surface area (Å²) in [6, 6.07) is 2.44. The van der Waals surface area contributed by atoms with Gasteiger partial charge in [0.15, 0.2) is 5.15 Å². The molecule has 0 aromatic carbocycles. The third kappa shape index (κ3) is 2.28. The van der Waals surface area contributed by atoms with E-state index in [1.807, 2.05) is 6.07 Å². The van der Waals surface area contributed by atoms with Crippen molar-refractivity contribution in [3.63, 3.8) is 0 Å². The van der Waals surface area contributed by atoms with Crippen LogP contribution in [-0.2, 0) is 0 Å². The SMILES string of the molecule is CC(C)N1CCC(c2cc(N)c(Cl)nn2)C1. The van der Waals surface area contributed by atoms with Crippen LogP contribution in [0.25, 0.3) is 0 Å². The molecule has 4 nitrogen and oxygen atoms in total. The van der Waals surface area contributed by atoms with Gasteiger partial charge in [-0.15, -0.1) is 5.10 Å². The van der Waals surface area contributed by atoms with Gasteiger partial charge in [-0.2, -0.15) is 5.10 Å². The zero-order valence-electron chi connectivity index (χ0n) is 9.65. The molecule has 16 heavy (non-hydrogen) atoms. The van der Waals surface area contributed by atoms with E-state index in [1.54, 1.807) is 0 Å². The van der Waals surface area contributed by atoms with Crippen LogP contribution in [0.3, 0.4) is 0 Å². The number of aromatic nitrogens is 2. The zero-order chi connectivity index (χ0) is 11.7. The predicted molar refractivity (Wildman–Crippen MR) is 65.5 cm³/mol. The lowest BCUT2D eigenvalue weighted by Crippen LogP contribution is -2.28. The van der Waals surface area contributed by atoms with Crippen LogP contribution in [0, 0.1) is 0 Å². The van der Waals surface area contributed by atoms with Crippen LogP contribution in [0.1, 0.15) is 31.9 Å². The number of anilines is 1. The molecule has 1 aromatic heterocycles. The van der Waals surface area contributed by atoms with Gasteiger partial charge in [0.05, 0.1) is 11.4 Å². The summed E-state index contributed by atoms with van der Waals surface area (Å²) in [6.45, 7) is 6.58. The Morgan fingerprint density at radius 2 is 2.25 bits per heavy atom. The minimum atomic E-state index is 0.294. The molecular formula is C11H17ClN4. The van der Waals surface area contributed by atoms with E-state index in [-0.39, 0.29) is 0 Å². The second-order valence-corrected chi connectivity index (χ2v) is 4.95. The van der Waals surface area contributed by atoms with Gasteiger partial charge in [-0.25, -0.2) is 0 Å². The van der Waals surface area contributed by atoms with Crippen LogP contribution in [0.15, 0.2) is 6.07 Å². The first-order chi connectivity index (χ1) is 7.58. The van der Waals surface area contributed by atoms with Gasteiger partial charge in [0.25, 0.3) is 0 Å². The monoisotopic (exact) mass is 240 g/mol. The molecule has 0 saturated carbocycles. The molecule has 2 heterocycles. The van der Waals surface area contributed by atoms with Crippen LogP contribution in [-0.4, -0.2) is 34.2 Å². The maximum atomic E-state index is 5.76. The Hall–Kier alpha value is -0.870. The second-order valence-electron chi connectivity index (χ2n) is 4.59. The Bertz CT molecular complexity index is 380. The van der Waals surface area contributed by atoms with Crippen molar-refractivity contribution in [2.45, 2.75) is 32.2 Å². The molecule has 0 aliphatic carbocycles. The molecule has 1 aromatic rings. The molecule has 0 amide bonds. The summed E-state index contributed by atoms with van der Waals surface area (Å²) in [7, 11) is 0. The summed E-state index contributed by atoms with van der Waals surface area (Å²) in [4.78, 5) is 2.44. The molecule has 1 saturated heterocycles. The Labute approximate surface area is 101 Å². The summed E-state index contributed by atoms with van der Waals surface area (Å²) in [5.74, 6) is 0.439. The standard InChI is InChI=1S/C11H17ClN4/c1-7(2)16-4-3-8(6-16)10-5-9(13)11(12)15-14-10/h5,7-8H,3-4,6H2,1-2H3,(H2,13,14). The Morgan fingerprint density at radius 1 is 1.50 bits per heavy atom. The molecule has 88 valence electrons.